The fourth-order valence-electron chi connectivity index (χ4n) is 1.51. The number of halogens is 3. The fraction of sp³-hybridized carbons (Fsp3) is 0.889. The fourth-order valence-corrected chi connectivity index (χ4v) is 1.51. The topological polar surface area (TPSA) is 32.3 Å². The summed E-state index contributed by atoms with van der Waals surface area (Å²) in [7, 11) is 1.43. The molecule has 0 bridgehead atoms. The number of carbonyl (C=O) groups excluding carboxylic acids is 1. The second kappa shape index (κ2) is 6.23. The van der Waals surface area contributed by atoms with Gasteiger partial charge in [0.15, 0.2) is 0 Å². The van der Waals surface area contributed by atoms with Gasteiger partial charge >= 0.3 is 0 Å². The van der Waals surface area contributed by atoms with Crippen LogP contribution in [0.3, 0.4) is 0 Å². The Morgan fingerprint density at radius 1 is 1.53 bits per heavy atom. The van der Waals surface area contributed by atoms with Gasteiger partial charge in [-0.3, -0.25) is 4.79 Å². The number of amides is 1. The first kappa shape index (κ1) is 14.6. The molecule has 1 aliphatic heterocycles. The summed E-state index contributed by atoms with van der Waals surface area (Å²) in [4.78, 5) is 12.7. The lowest BCUT2D eigenvalue weighted by Crippen LogP contribution is -2.50. The third kappa shape index (κ3) is 3.91. The van der Waals surface area contributed by atoms with E-state index in [0.717, 1.165) is 18.0 Å². The summed E-state index contributed by atoms with van der Waals surface area (Å²) in [6.07, 6.45) is -2.45. The van der Waals surface area contributed by atoms with Crippen molar-refractivity contribution in [1.29, 1.82) is 0 Å². The van der Waals surface area contributed by atoms with Crippen molar-refractivity contribution in [3.63, 3.8) is 0 Å². The van der Waals surface area contributed by atoms with E-state index in [4.69, 9.17) is 0 Å². The molecule has 1 unspecified atom stereocenters. The van der Waals surface area contributed by atoms with E-state index in [9.17, 15) is 13.6 Å². The van der Waals surface area contributed by atoms with Crippen molar-refractivity contribution < 1.29 is 13.6 Å². The first-order valence-corrected chi connectivity index (χ1v) is 4.76. The second-order valence-corrected chi connectivity index (χ2v) is 3.82. The van der Waals surface area contributed by atoms with Crippen LogP contribution < -0.4 is 5.32 Å². The summed E-state index contributed by atoms with van der Waals surface area (Å²) >= 11 is 0. The molecule has 90 valence electrons. The van der Waals surface area contributed by atoms with Gasteiger partial charge in [-0.15, -0.1) is 12.4 Å². The highest BCUT2D eigenvalue weighted by molar-refractivity contribution is 5.85. The average Bonchev–Trinajstić information content (AvgIpc) is 1.98. The van der Waals surface area contributed by atoms with E-state index >= 15 is 0 Å². The average molecular weight is 243 g/mol. The number of alkyl halides is 2. The largest absolute Gasteiger partial charge is 0.340 e. The first-order chi connectivity index (χ1) is 6.52. The minimum atomic E-state index is -2.45. The molecule has 0 aliphatic carbocycles. The third-order valence-electron chi connectivity index (χ3n) is 2.70. The van der Waals surface area contributed by atoms with E-state index in [1.54, 1.807) is 6.92 Å². The van der Waals surface area contributed by atoms with Crippen LogP contribution in [0.2, 0.25) is 0 Å². The molecule has 6 heteroatoms. The Kier molecular flexibility index (Phi) is 6.05. The van der Waals surface area contributed by atoms with Crippen molar-refractivity contribution in [1.82, 2.24) is 10.2 Å². The summed E-state index contributed by atoms with van der Waals surface area (Å²) in [5, 5.41) is 3.06. The smallest absolute Gasteiger partial charge is 0.255 e. The summed E-state index contributed by atoms with van der Waals surface area (Å²) < 4.78 is 24.0. The number of hydrogen-bond acceptors (Lipinski definition) is 2. The minimum absolute atomic E-state index is 0. The van der Waals surface area contributed by atoms with Crippen LogP contribution in [0.4, 0.5) is 8.78 Å². The maximum atomic E-state index is 12.0. The van der Waals surface area contributed by atoms with E-state index in [0.29, 0.717) is 5.92 Å². The molecule has 0 aromatic heterocycles. The number of hydrogen-bond donors (Lipinski definition) is 1. The van der Waals surface area contributed by atoms with E-state index in [2.05, 4.69) is 5.32 Å². The summed E-state index contributed by atoms with van der Waals surface area (Å²) in [5.74, 6) is -0.0283. The molecule has 1 saturated heterocycles. The molecule has 3 nitrogen and oxygen atoms in total. The standard InChI is InChI=1S/C9H16F2N2O.ClH/c1-6(7-3-12-4-7)9(14)13(2)5-8(10)11;/h6-8,12H,3-5H2,1-2H3;1H. The molecular weight excluding hydrogens is 226 g/mol. The highest BCUT2D eigenvalue weighted by Gasteiger charge is 2.30. The van der Waals surface area contributed by atoms with Crippen LogP contribution in [0, 0.1) is 11.8 Å². The molecule has 1 amide bonds. The van der Waals surface area contributed by atoms with Gasteiger partial charge in [0.2, 0.25) is 5.91 Å². The van der Waals surface area contributed by atoms with Gasteiger partial charge in [0, 0.05) is 13.0 Å². The minimum Gasteiger partial charge on any atom is -0.340 e. The Bertz CT molecular complexity index is 212. The summed E-state index contributed by atoms with van der Waals surface area (Å²) in [6, 6.07) is 0. The van der Waals surface area contributed by atoms with Gasteiger partial charge in [-0.2, -0.15) is 0 Å². The Morgan fingerprint density at radius 2 is 2.07 bits per heavy atom. The lowest BCUT2D eigenvalue weighted by Gasteiger charge is -2.33. The Morgan fingerprint density at radius 3 is 2.40 bits per heavy atom. The Hall–Kier alpha value is -0.420. The zero-order valence-corrected chi connectivity index (χ0v) is 9.69. The maximum absolute atomic E-state index is 12.0. The number of nitrogens with zero attached hydrogens (tertiary/aromatic N) is 1. The molecular formula is C9H17ClF2N2O. The van der Waals surface area contributed by atoms with Gasteiger partial charge in [0.25, 0.3) is 6.43 Å². The highest BCUT2D eigenvalue weighted by atomic mass is 35.5. The van der Waals surface area contributed by atoms with Crippen LogP contribution in [0.5, 0.6) is 0 Å². The predicted molar refractivity (Wildman–Crippen MR) is 56.4 cm³/mol. The predicted octanol–water partition coefficient (Wildman–Crippen LogP) is 0.987. The monoisotopic (exact) mass is 242 g/mol. The molecule has 0 radical (unpaired) electrons. The number of carbonyl (C=O) groups is 1. The SMILES string of the molecule is CC(C(=O)N(C)CC(F)F)C1CNC1.Cl. The lowest BCUT2D eigenvalue weighted by atomic mass is 9.88. The molecule has 1 atom stereocenters. The summed E-state index contributed by atoms with van der Waals surface area (Å²) in [5.41, 5.74) is 0. The van der Waals surface area contributed by atoms with Gasteiger partial charge in [-0.1, -0.05) is 6.92 Å². The normalized spacial score (nSPS) is 17.9. The molecule has 15 heavy (non-hydrogen) atoms. The van der Waals surface area contributed by atoms with Crippen LogP contribution in [0.1, 0.15) is 6.92 Å². The van der Waals surface area contributed by atoms with Gasteiger partial charge in [-0.25, -0.2) is 8.78 Å². The maximum Gasteiger partial charge on any atom is 0.255 e. The molecule has 1 aliphatic rings. The van der Waals surface area contributed by atoms with Gasteiger partial charge in [0.05, 0.1) is 6.54 Å². The van der Waals surface area contributed by atoms with Crippen molar-refractivity contribution in [2.45, 2.75) is 13.3 Å². The molecule has 1 N–H and O–H groups in total. The number of nitrogens with one attached hydrogen (secondary N) is 1. The third-order valence-corrected chi connectivity index (χ3v) is 2.70. The zero-order valence-electron chi connectivity index (χ0n) is 8.87. The van der Waals surface area contributed by atoms with Crippen molar-refractivity contribution in [3.8, 4) is 0 Å². The molecule has 0 aromatic rings. The Labute approximate surface area is 94.6 Å². The quantitative estimate of drug-likeness (QED) is 0.797. The molecule has 1 rings (SSSR count). The summed E-state index contributed by atoms with van der Waals surface area (Å²) in [6.45, 7) is 2.96. The van der Waals surface area contributed by atoms with E-state index in [1.165, 1.54) is 7.05 Å². The van der Waals surface area contributed by atoms with Crippen LogP contribution in [-0.4, -0.2) is 43.9 Å². The van der Waals surface area contributed by atoms with Crippen molar-refractivity contribution in [3.05, 3.63) is 0 Å². The van der Waals surface area contributed by atoms with Crippen molar-refractivity contribution in [2.75, 3.05) is 26.7 Å². The van der Waals surface area contributed by atoms with E-state index < -0.39 is 13.0 Å². The lowest BCUT2D eigenvalue weighted by molar-refractivity contribution is -0.137. The van der Waals surface area contributed by atoms with Crippen LogP contribution in [0.25, 0.3) is 0 Å². The van der Waals surface area contributed by atoms with E-state index in [-0.39, 0.29) is 24.2 Å². The van der Waals surface area contributed by atoms with Crippen LogP contribution in [0.15, 0.2) is 0 Å². The molecule has 0 saturated carbocycles. The zero-order chi connectivity index (χ0) is 10.7. The van der Waals surface area contributed by atoms with Crippen LogP contribution >= 0.6 is 12.4 Å². The first-order valence-electron chi connectivity index (χ1n) is 4.76. The highest BCUT2D eigenvalue weighted by Crippen LogP contribution is 2.18. The van der Waals surface area contributed by atoms with Crippen molar-refractivity contribution in [2.24, 2.45) is 11.8 Å². The number of rotatable bonds is 4. The van der Waals surface area contributed by atoms with Gasteiger partial charge in [0.1, 0.15) is 0 Å². The molecule has 1 fully saturated rings. The molecule has 0 spiro atoms. The van der Waals surface area contributed by atoms with E-state index in [1.807, 2.05) is 0 Å². The Balaban J connectivity index is 0.00000196. The van der Waals surface area contributed by atoms with Gasteiger partial charge in [-0.05, 0) is 19.0 Å². The second-order valence-electron chi connectivity index (χ2n) is 3.82. The van der Waals surface area contributed by atoms with Crippen LogP contribution in [-0.2, 0) is 4.79 Å². The molecule has 1 heterocycles. The van der Waals surface area contributed by atoms with Crippen molar-refractivity contribution >= 4 is 18.3 Å². The van der Waals surface area contributed by atoms with Gasteiger partial charge < -0.3 is 10.2 Å². The molecule has 0 aromatic carbocycles.